The van der Waals surface area contributed by atoms with Gasteiger partial charge in [0.15, 0.2) is 5.75 Å². The molecule has 1 spiro atoms. The average molecular weight is 350 g/mol. The minimum Gasteiger partial charge on any atom is -0.504 e. The Bertz CT molecular complexity index is 982. The van der Waals surface area contributed by atoms with E-state index in [4.69, 9.17) is 0 Å². The van der Waals surface area contributed by atoms with Crippen LogP contribution in [0, 0.1) is 0 Å². The number of hydrogen-bond donors (Lipinski definition) is 2. The number of H-pyrrole nitrogens is 1. The molecule has 0 aromatic carbocycles. The number of piperazine rings is 1. The van der Waals surface area contributed by atoms with Gasteiger partial charge in [0.25, 0.3) is 5.91 Å². The van der Waals surface area contributed by atoms with E-state index in [0.29, 0.717) is 25.3 Å². The van der Waals surface area contributed by atoms with Gasteiger partial charge < -0.3 is 19.9 Å². The third kappa shape index (κ3) is 2.22. The van der Waals surface area contributed by atoms with Gasteiger partial charge in [0.1, 0.15) is 11.3 Å². The lowest BCUT2D eigenvalue weighted by Gasteiger charge is -2.43. The Morgan fingerprint density at radius 2 is 2.08 bits per heavy atom. The number of nitrogens with one attached hydrogen (secondary N) is 1. The lowest BCUT2D eigenvalue weighted by atomic mass is 10.1. The van der Waals surface area contributed by atoms with Crippen molar-refractivity contribution in [1.82, 2.24) is 24.8 Å². The number of amides is 1. The highest BCUT2D eigenvalue weighted by Gasteiger charge is 2.53. The van der Waals surface area contributed by atoms with Crippen molar-refractivity contribution in [2.75, 3.05) is 24.5 Å². The maximum atomic E-state index is 12.9. The van der Waals surface area contributed by atoms with Crippen LogP contribution in [0.4, 0.5) is 5.69 Å². The number of fused-ring (bicyclic) bond motifs is 1. The zero-order valence-electron chi connectivity index (χ0n) is 14.1. The van der Waals surface area contributed by atoms with Crippen LogP contribution in [0.5, 0.6) is 5.75 Å². The molecule has 0 unspecified atom stereocenters. The van der Waals surface area contributed by atoms with Gasteiger partial charge in [-0.25, -0.2) is 9.97 Å². The van der Waals surface area contributed by atoms with E-state index < -0.39 is 0 Å². The van der Waals surface area contributed by atoms with Gasteiger partial charge in [0.05, 0.1) is 23.6 Å². The van der Waals surface area contributed by atoms with Crippen molar-refractivity contribution in [2.45, 2.75) is 18.4 Å². The smallest absolute Gasteiger partial charge is 0.274 e. The molecule has 0 radical (unpaired) electrons. The number of carbonyl (C=O) groups excluding carboxylic acids is 1. The van der Waals surface area contributed by atoms with Crippen LogP contribution in [-0.4, -0.2) is 61.0 Å². The zero-order valence-corrected chi connectivity index (χ0v) is 14.1. The Morgan fingerprint density at radius 1 is 1.19 bits per heavy atom. The summed E-state index contributed by atoms with van der Waals surface area (Å²) >= 11 is 0. The molecular formula is C18H18N6O2. The van der Waals surface area contributed by atoms with Crippen LogP contribution in [0.15, 0.2) is 37.1 Å². The maximum Gasteiger partial charge on any atom is 0.274 e. The third-order valence-electron chi connectivity index (χ3n) is 5.36. The summed E-state index contributed by atoms with van der Waals surface area (Å²) in [6.45, 7) is 1.92. The molecule has 5 rings (SSSR count). The molecular weight excluding hydrogens is 332 g/mol. The van der Waals surface area contributed by atoms with Gasteiger partial charge in [0, 0.05) is 43.6 Å². The fourth-order valence-electron chi connectivity index (χ4n) is 3.92. The minimum atomic E-state index is -0.189. The summed E-state index contributed by atoms with van der Waals surface area (Å²) in [5, 5.41) is 11.3. The summed E-state index contributed by atoms with van der Waals surface area (Å²) in [7, 11) is 0. The molecule has 3 aromatic rings. The highest BCUT2D eigenvalue weighted by Crippen LogP contribution is 2.47. The monoisotopic (exact) mass is 350 g/mol. The second-order valence-corrected chi connectivity index (χ2v) is 6.93. The van der Waals surface area contributed by atoms with Crippen LogP contribution >= 0.6 is 0 Å². The van der Waals surface area contributed by atoms with E-state index in [2.05, 4.69) is 24.8 Å². The Kier molecular flexibility index (Phi) is 3.15. The standard InChI is InChI=1S/C18H18N6O2/c25-14-10-22-16-12(1-4-21-16)15(14)23-7-8-24(18(11-23)2-3-18)17(26)13-9-19-5-6-20-13/h1,4-6,9-10,25H,2-3,7-8,11H2,(H,21,22). The lowest BCUT2D eigenvalue weighted by Crippen LogP contribution is -2.57. The number of aromatic nitrogens is 4. The largest absolute Gasteiger partial charge is 0.504 e. The van der Waals surface area contributed by atoms with Gasteiger partial charge in [-0.1, -0.05) is 0 Å². The quantitative estimate of drug-likeness (QED) is 0.728. The lowest BCUT2D eigenvalue weighted by molar-refractivity contribution is 0.0618. The van der Waals surface area contributed by atoms with Gasteiger partial charge in [0.2, 0.25) is 0 Å². The van der Waals surface area contributed by atoms with E-state index in [-0.39, 0.29) is 17.2 Å². The Morgan fingerprint density at radius 3 is 2.85 bits per heavy atom. The predicted octanol–water partition coefficient (Wildman–Crippen LogP) is 1.55. The molecule has 1 amide bonds. The molecule has 0 bridgehead atoms. The summed E-state index contributed by atoms with van der Waals surface area (Å²) in [6, 6.07) is 1.92. The summed E-state index contributed by atoms with van der Waals surface area (Å²) in [5.41, 5.74) is 1.73. The van der Waals surface area contributed by atoms with Gasteiger partial charge in [-0.15, -0.1) is 0 Å². The van der Waals surface area contributed by atoms with E-state index in [1.54, 1.807) is 12.4 Å². The molecule has 4 heterocycles. The number of hydrogen-bond acceptors (Lipinski definition) is 6. The van der Waals surface area contributed by atoms with Crippen LogP contribution in [-0.2, 0) is 0 Å². The van der Waals surface area contributed by atoms with Crippen LogP contribution in [0.2, 0.25) is 0 Å². The molecule has 132 valence electrons. The van der Waals surface area contributed by atoms with Gasteiger partial charge in [-0.05, 0) is 18.9 Å². The molecule has 1 aliphatic heterocycles. The van der Waals surface area contributed by atoms with Gasteiger partial charge in [-0.2, -0.15) is 0 Å². The van der Waals surface area contributed by atoms with Gasteiger partial charge >= 0.3 is 0 Å². The summed E-state index contributed by atoms with van der Waals surface area (Å²) in [5.74, 6) is 0.0996. The Hall–Kier alpha value is -3.16. The van der Waals surface area contributed by atoms with Crippen molar-refractivity contribution in [3.8, 4) is 5.75 Å². The first-order valence-electron chi connectivity index (χ1n) is 8.66. The molecule has 2 aliphatic rings. The first kappa shape index (κ1) is 15.1. The fraction of sp³-hybridized carbons (Fsp3) is 0.333. The molecule has 26 heavy (non-hydrogen) atoms. The van der Waals surface area contributed by atoms with E-state index in [1.165, 1.54) is 12.4 Å². The third-order valence-corrected chi connectivity index (χ3v) is 5.36. The second kappa shape index (κ2) is 5.42. The topological polar surface area (TPSA) is 98.2 Å². The van der Waals surface area contributed by atoms with Crippen molar-refractivity contribution >= 4 is 22.6 Å². The molecule has 8 nitrogen and oxygen atoms in total. The zero-order chi connectivity index (χ0) is 17.7. The summed E-state index contributed by atoms with van der Waals surface area (Å²) in [4.78, 5) is 32.4. The second-order valence-electron chi connectivity index (χ2n) is 6.93. The number of pyridine rings is 1. The maximum absolute atomic E-state index is 12.9. The van der Waals surface area contributed by atoms with Crippen molar-refractivity contribution in [2.24, 2.45) is 0 Å². The summed E-state index contributed by atoms with van der Waals surface area (Å²) in [6.07, 6.45) is 9.83. The molecule has 8 heteroatoms. The Balaban J connectivity index is 1.46. The Labute approximate surface area is 149 Å². The van der Waals surface area contributed by atoms with E-state index >= 15 is 0 Å². The normalized spacial score (nSPS) is 18.5. The first-order valence-corrected chi connectivity index (χ1v) is 8.66. The first-order chi connectivity index (χ1) is 12.7. The number of aromatic hydroxyl groups is 1. The number of nitrogens with zero attached hydrogens (tertiary/aromatic N) is 5. The number of rotatable bonds is 2. The van der Waals surface area contributed by atoms with Crippen molar-refractivity contribution in [3.05, 3.63) is 42.7 Å². The van der Waals surface area contributed by atoms with Crippen LogP contribution in [0.1, 0.15) is 23.3 Å². The van der Waals surface area contributed by atoms with Crippen LogP contribution in [0.3, 0.4) is 0 Å². The molecule has 1 aliphatic carbocycles. The highest BCUT2D eigenvalue weighted by molar-refractivity contribution is 5.95. The predicted molar refractivity (Wildman–Crippen MR) is 95.0 cm³/mol. The van der Waals surface area contributed by atoms with E-state index in [9.17, 15) is 9.90 Å². The van der Waals surface area contributed by atoms with Crippen molar-refractivity contribution < 1.29 is 9.90 Å². The van der Waals surface area contributed by atoms with Crippen molar-refractivity contribution in [3.63, 3.8) is 0 Å². The molecule has 1 saturated heterocycles. The van der Waals surface area contributed by atoms with Gasteiger partial charge in [-0.3, -0.25) is 9.78 Å². The summed E-state index contributed by atoms with van der Waals surface area (Å²) < 4.78 is 0. The number of carbonyl (C=O) groups is 1. The highest BCUT2D eigenvalue weighted by atomic mass is 16.3. The minimum absolute atomic E-state index is 0.0685. The van der Waals surface area contributed by atoms with E-state index in [1.807, 2.05) is 17.2 Å². The number of anilines is 1. The number of aromatic amines is 1. The fourth-order valence-corrected chi connectivity index (χ4v) is 3.92. The van der Waals surface area contributed by atoms with E-state index in [0.717, 1.165) is 29.6 Å². The van der Waals surface area contributed by atoms with Crippen LogP contribution < -0.4 is 4.90 Å². The van der Waals surface area contributed by atoms with Crippen LogP contribution in [0.25, 0.3) is 11.0 Å². The molecule has 1 saturated carbocycles. The van der Waals surface area contributed by atoms with Crippen molar-refractivity contribution in [1.29, 1.82) is 0 Å². The molecule has 2 fully saturated rings. The molecule has 3 aromatic heterocycles. The SMILES string of the molecule is O=C(c1cnccn1)N1CCN(c2c(O)cnc3[nH]ccc23)CC12CC2. The average Bonchev–Trinajstić information content (AvgIpc) is 3.25. The molecule has 0 atom stereocenters. The molecule has 2 N–H and O–H groups in total.